The summed E-state index contributed by atoms with van der Waals surface area (Å²) in [5.41, 5.74) is 0.943. The molecule has 7 heteroatoms. The van der Waals surface area contributed by atoms with Crippen LogP contribution in [0.2, 0.25) is 0 Å². The van der Waals surface area contributed by atoms with E-state index in [-0.39, 0.29) is 18.9 Å². The molecular formula is C19H21NO5S. The molecule has 0 radical (unpaired) electrons. The van der Waals surface area contributed by atoms with Crippen molar-refractivity contribution >= 4 is 16.0 Å². The number of amides is 1. The van der Waals surface area contributed by atoms with Crippen molar-refractivity contribution < 1.29 is 22.1 Å². The minimum absolute atomic E-state index is 0.00274. The summed E-state index contributed by atoms with van der Waals surface area (Å²) in [4.78, 5) is 13.7. The van der Waals surface area contributed by atoms with Gasteiger partial charge in [0.2, 0.25) is 5.91 Å². The van der Waals surface area contributed by atoms with Crippen LogP contribution in [0.3, 0.4) is 0 Å². The first-order valence-electron chi connectivity index (χ1n) is 8.37. The summed E-state index contributed by atoms with van der Waals surface area (Å²) in [5, 5.41) is 0. The van der Waals surface area contributed by atoms with Crippen molar-refractivity contribution in [2.24, 2.45) is 0 Å². The summed E-state index contributed by atoms with van der Waals surface area (Å²) in [5.74, 6) is 1.47. The van der Waals surface area contributed by atoms with Crippen LogP contribution in [-0.2, 0) is 25.6 Å². The molecule has 1 unspecified atom stereocenters. The Kier molecular flexibility index (Phi) is 5.58. The van der Waals surface area contributed by atoms with Crippen LogP contribution in [0.5, 0.6) is 11.5 Å². The van der Waals surface area contributed by atoms with Crippen LogP contribution >= 0.6 is 0 Å². The zero-order chi connectivity index (χ0) is 18.6. The molecule has 26 heavy (non-hydrogen) atoms. The molecule has 138 valence electrons. The van der Waals surface area contributed by atoms with Crippen LogP contribution in [0.4, 0.5) is 0 Å². The second-order valence-corrected chi connectivity index (χ2v) is 7.90. The molecule has 6 nitrogen and oxygen atoms in total. The number of carbonyl (C=O) groups is 1. The van der Waals surface area contributed by atoms with Gasteiger partial charge in [-0.15, -0.1) is 0 Å². The molecule has 0 N–H and O–H groups in total. The summed E-state index contributed by atoms with van der Waals surface area (Å²) in [6.45, 7) is 0.683. The molecule has 2 aromatic carbocycles. The number of likely N-dealkylation sites (tertiary alicyclic amines) is 1. The van der Waals surface area contributed by atoms with Crippen molar-refractivity contribution in [1.29, 1.82) is 0 Å². The lowest BCUT2D eigenvalue weighted by molar-refractivity contribution is -0.136. The van der Waals surface area contributed by atoms with E-state index in [0.29, 0.717) is 18.7 Å². The molecule has 3 rings (SSSR count). The minimum Gasteiger partial charge on any atom is -0.457 e. The fraction of sp³-hybridized carbons (Fsp3) is 0.316. The van der Waals surface area contributed by atoms with E-state index in [0.717, 1.165) is 17.6 Å². The molecule has 0 saturated carbocycles. The lowest BCUT2D eigenvalue weighted by Gasteiger charge is -2.31. The Morgan fingerprint density at radius 3 is 2.35 bits per heavy atom. The zero-order valence-corrected chi connectivity index (χ0v) is 15.3. The second-order valence-electron chi connectivity index (χ2n) is 6.29. The Morgan fingerprint density at radius 1 is 1.04 bits per heavy atom. The quantitative estimate of drug-likeness (QED) is 0.726. The zero-order valence-electron chi connectivity index (χ0n) is 14.5. The van der Waals surface area contributed by atoms with E-state index >= 15 is 0 Å². The number of nitrogens with zero attached hydrogens (tertiary/aromatic N) is 1. The largest absolute Gasteiger partial charge is 0.457 e. The van der Waals surface area contributed by atoms with Crippen LogP contribution in [0.15, 0.2) is 54.6 Å². The Balaban J connectivity index is 1.61. The summed E-state index contributed by atoms with van der Waals surface area (Å²) >= 11 is 0. The fourth-order valence-corrected chi connectivity index (χ4v) is 3.52. The highest BCUT2D eigenvalue weighted by molar-refractivity contribution is 7.86. The van der Waals surface area contributed by atoms with Crippen LogP contribution in [0.25, 0.3) is 0 Å². The topological polar surface area (TPSA) is 72.9 Å². The summed E-state index contributed by atoms with van der Waals surface area (Å²) in [6, 6.07) is 17.0. The first-order chi connectivity index (χ1) is 12.4. The Labute approximate surface area is 153 Å². The number of benzene rings is 2. The second kappa shape index (κ2) is 7.88. The van der Waals surface area contributed by atoms with Gasteiger partial charge in [-0.25, -0.2) is 0 Å². The number of piperidine rings is 1. The third-order valence-electron chi connectivity index (χ3n) is 4.04. The fourth-order valence-electron chi connectivity index (χ4n) is 2.87. The smallest absolute Gasteiger partial charge is 0.264 e. The molecule has 1 amide bonds. The van der Waals surface area contributed by atoms with Crippen LogP contribution in [0, 0.1) is 0 Å². The number of hydrogen-bond acceptors (Lipinski definition) is 5. The van der Waals surface area contributed by atoms with Gasteiger partial charge in [0.15, 0.2) is 0 Å². The number of rotatable bonds is 6. The molecule has 2 aromatic rings. The lowest BCUT2D eigenvalue weighted by Crippen LogP contribution is -2.43. The molecule has 1 aliphatic rings. The van der Waals surface area contributed by atoms with E-state index in [1.807, 2.05) is 54.6 Å². The van der Waals surface area contributed by atoms with Gasteiger partial charge in [0.1, 0.15) is 11.5 Å². The van der Waals surface area contributed by atoms with Crippen molar-refractivity contribution in [3.05, 3.63) is 60.2 Å². The predicted molar refractivity (Wildman–Crippen MR) is 97.3 cm³/mol. The van der Waals surface area contributed by atoms with E-state index in [1.54, 1.807) is 4.90 Å². The SMILES string of the molecule is CS(=O)(=O)OC1CCC(=O)N(Cc2ccc(Oc3ccccc3)cc2)C1. The molecule has 0 spiro atoms. The van der Waals surface area contributed by atoms with Gasteiger partial charge < -0.3 is 9.64 Å². The van der Waals surface area contributed by atoms with E-state index < -0.39 is 16.2 Å². The number of para-hydroxylation sites is 1. The third-order valence-corrected chi connectivity index (χ3v) is 4.67. The Morgan fingerprint density at radius 2 is 1.69 bits per heavy atom. The van der Waals surface area contributed by atoms with Crippen molar-refractivity contribution in [3.8, 4) is 11.5 Å². The highest BCUT2D eigenvalue weighted by Crippen LogP contribution is 2.23. The molecule has 1 atom stereocenters. The van der Waals surface area contributed by atoms with Gasteiger partial charge in [0, 0.05) is 19.5 Å². The lowest BCUT2D eigenvalue weighted by atomic mass is 10.1. The monoisotopic (exact) mass is 375 g/mol. The first kappa shape index (κ1) is 18.4. The van der Waals surface area contributed by atoms with Crippen LogP contribution in [0.1, 0.15) is 18.4 Å². The molecule has 0 bridgehead atoms. The van der Waals surface area contributed by atoms with Gasteiger partial charge in [-0.3, -0.25) is 8.98 Å². The van der Waals surface area contributed by atoms with Crippen molar-refractivity contribution in [1.82, 2.24) is 4.90 Å². The Hall–Kier alpha value is -2.38. The first-order valence-corrected chi connectivity index (χ1v) is 10.2. The summed E-state index contributed by atoms with van der Waals surface area (Å²) in [6.07, 6.45) is 1.25. The van der Waals surface area contributed by atoms with E-state index in [1.165, 1.54) is 0 Å². The molecule has 1 aliphatic heterocycles. The maximum atomic E-state index is 12.1. The maximum Gasteiger partial charge on any atom is 0.264 e. The van der Waals surface area contributed by atoms with Crippen LogP contribution in [-0.4, -0.2) is 38.1 Å². The standard InChI is InChI=1S/C19H21NO5S/c1-26(22,23)25-18-11-12-19(21)20(14-18)13-15-7-9-17(10-8-15)24-16-5-3-2-4-6-16/h2-10,18H,11-14H2,1H3. The maximum absolute atomic E-state index is 12.1. The molecule has 1 heterocycles. The van der Waals surface area contributed by atoms with Gasteiger partial charge in [0.05, 0.1) is 12.4 Å². The summed E-state index contributed by atoms with van der Waals surface area (Å²) < 4.78 is 33.4. The highest BCUT2D eigenvalue weighted by atomic mass is 32.2. The van der Waals surface area contributed by atoms with Gasteiger partial charge >= 0.3 is 0 Å². The van der Waals surface area contributed by atoms with E-state index in [2.05, 4.69) is 0 Å². The predicted octanol–water partition coefficient (Wildman–Crippen LogP) is 2.95. The normalized spacial score (nSPS) is 18.0. The van der Waals surface area contributed by atoms with Crippen LogP contribution < -0.4 is 4.74 Å². The van der Waals surface area contributed by atoms with Gasteiger partial charge in [0.25, 0.3) is 10.1 Å². The van der Waals surface area contributed by atoms with Gasteiger partial charge in [-0.2, -0.15) is 8.42 Å². The van der Waals surface area contributed by atoms with E-state index in [4.69, 9.17) is 8.92 Å². The van der Waals surface area contributed by atoms with Gasteiger partial charge in [-0.05, 0) is 36.2 Å². The number of hydrogen-bond donors (Lipinski definition) is 0. The van der Waals surface area contributed by atoms with Crippen molar-refractivity contribution in [3.63, 3.8) is 0 Å². The number of ether oxygens (including phenoxy) is 1. The summed E-state index contributed by atoms with van der Waals surface area (Å²) in [7, 11) is -3.53. The molecule has 1 fully saturated rings. The average Bonchev–Trinajstić information content (AvgIpc) is 2.59. The Bertz CT molecular complexity index is 849. The highest BCUT2D eigenvalue weighted by Gasteiger charge is 2.28. The van der Waals surface area contributed by atoms with E-state index in [9.17, 15) is 13.2 Å². The van der Waals surface area contributed by atoms with Crippen molar-refractivity contribution in [2.45, 2.75) is 25.5 Å². The molecular weight excluding hydrogens is 354 g/mol. The molecule has 1 saturated heterocycles. The van der Waals surface area contributed by atoms with Crippen molar-refractivity contribution in [2.75, 3.05) is 12.8 Å². The minimum atomic E-state index is -3.53. The molecule has 0 aliphatic carbocycles. The number of carbonyl (C=O) groups excluding carboxylic acids is 1. The van der Waals surface area contributed by atoms with Gasteiger partial charge in [-0.1, -0.05) is 30.3 Å². The molecule has 0 aromatic heterocycles. The average molecular weight is 375 g/mol. The third kappa shape index (κ3) is 5.31.